The minimum atomic E-state index is -0.694. The molecule has 0 saturated carbocycles. The monoisotopic (exact) mass is 747 g/mol. The van der Waals surface area contributed by atoms with Crippen LogP contribution < -0.4 is 14.4 Å². The van der Waals surface area contributed by atoms with Crippen LogP contribution in [0.15, 0.2) is 176 Å². The normalized spacial score (nSPS) is 15.9. The topological polar surface area (TPSA) is 21.7 Å². The highest BCUT2D eigenvalue weighted by Crippen LogP contribution is 2.62. The van der Waals surface area contributed by atoms with Gasteiger partial charge in [0.1, 0.15) is 23.0 Å². The van der Waals surface area contributed by atoms with Crippen LogP contribution in [0.4, 0.5) is 17.1 Å². The van der Waals surface area contributed by atoms with Crippen LogP contribution in [0.1, 0.15) is 72.2 Å². The van der Waals surface area contributed by atoms with Gasteiger partial charge in [0.25, 0.3) is 0 Å². The van der Waals surface area contributed by atoms with Crippen molar-refractivity contribution in [3.63, 3.8) is 0 Å². The lowest BCUT2D eigenvalue weighted by Gasteiger charge is -2.45. The van der Waals surface area contributed by atoms with Crippen molar-refractivity contribution in [2.45, 2.75) is 43.9 Å². The highest BCUT2D eigenvalue weighted by molar-refractivity contribution is 5.89. The Morgan fingerprint density at radius 1 is 0.310 bits per heavy atom. The van der Waals surface area contributed by atoms with Gasteiger partial charge in [0.2, 0.25) is 0 Å². The van der Waals surface area contributed by atoms with Crippen molar-refractivity contribution in [3.8, 4) is 45.3 Å². The van der Waals surface area contributed by atoms with E-state index in [1.807, 2.05) is 0 Å². The van der Waals surface area contributed by atoms with Crippen LogP contribution in [-0.2, 0) is 16.2 Å². The number of anilines is 3. The number of nitrogens with zero attached hydrogens (tertiary/aromatic N) is 1. The van der Waals surface area contributed by atoms with E-state index in [2.05, 4.69) is 209 Å². The molecule has 0 bridgehead atoms. The molecule has 0 fully saturated rings. The first kappa shape index (κ1) is 33.3. The number of benzene rings is 8. The molecule has 0 radical (unpaired) electrons. The fraction of sp³-hybridized carbons (Fsp3) is 0.127. The number of hydrogen-bond acceptors (Lipinski definition) is 3. The first-order valence-electron chi connectivity index (χ1n) is 20.3. The largest absolute Gasteiger partial charge is 0.457 e. The number of ether oxygens (including phenoxy) is 2. The molecule has 58 heavy (non-hydrogen) atoms. The third kappa shape index (κ3) is 4.28. The van der Waals surface area contributed by atoms with Crippen molar-refractivity contribution in [2.24, 2.45) is 0 Å². The van der Waals surface area contributed by atoms with E-state index in [1.54, 1.807) is 0 Å². The Bertz CT molecular complexity index is 2830. The van der Waals surface area contributed by atoms with Crippen molar-refractivity contribution in [1.29, 1.82) is 0 Å². The first-order valence-corrected chi connectivity index (χ1v) is 20.3. The summed E-state index contributed by atoms with van der Waals surface area (Å²) in [5.41, 5.74) is 17.3. The molecule has 3 heteroatoms. The first-order chi connectivity index (χ1) is 28.3. The van der Waals surface area contributed by atoms with Crippen LogP contribution in [-0.4, -0.2) is 0 Å². The fourth-order valence-electron chi connectivity index (χ4n) is 10.9. The number of hydrogen-bond donors (Lipinski definition) is 0. The molecule has 8 aromatic carbocycles. The van der Waals surface area contributed by atoms with Crippen molar-refractivity contribution >= 4 is 17.1 Å². The van der Waals surface area contributed by atoms with Crippen LogP contribution in [0, 0.1) is 0 Å². The van der Waals surface area contributed by atoms with Gasteiger partial charge in [-0.3, -0.25) is 0 Å². The summed E-state index contributed by atoms with van der Waals surface area (Å²) in [6.07, 6.45) is 0. The molecule has 2 heterocycles. The zero-order valence-electron chi connectivity index (χ0n) is 33.0. The van der Waals surface area contributed by atoms with Gasteiger partial charge in [-0.1, -0.05) is 143 Å². The number of para-hydroxylation sites is 3. The third-order valence-corrected chi connectivity index (χ3v) is 13.6. The van der Waals surface area contributed by atoms with E-state index in [0.717, 1.165) is 62.3 Å². The van der Waals surface area contributed by atoms with Gasteiger partial charge in [-0.25, -0.2) is 0 Å². The fourth-order valence-corrected chi connectivity index (χ4v) is 10.9. The maximum atomic E-state index is 6.87. The molecule has 0 amide bonds. The second-order valence-corrected chi connectivity index (χ2v) is 17.3. The molecule has 12 rings (SSSR count). The molecule has 0 atom stereocenters. The third-order valence-electron chi connectivity index (χ3n) is 13.6. The summed E-state index contributed by atoms with van der Waals surface area (Å²) in [4.78, 5) is 2.46. The van der Waals surface area contributed by atoms with Crippen molar-refractivity contribution in [3.05, 3.63) is 220 Å². The van der Waals surface area contributed by atoms with E-state index < -0.39 is 5.41 Å². The molecule has 8 aromatic rings. The second-order valence-electron chi connectivity index (χ2n) is 17.3. The molecule has 2 aliphatic carbocycles. The molecule has 2 aliphatic heterocycles. The zero-order chi connectivity index (χ0) is 39.0. The van der Waals surface area contributed by atoms with Gasteiger partial charge in [-0.15, -0.1) is 0 Å². The van der Waals surface area contributed by atoms with Crippen LogP contribution in [0.2, 0.25) is 0 Å². The van der Waals surface area contributed by atoms with Crippen molar-refractivity contribution in [1.82, 2.24) is 0 Å². The lowest BCUT2D eigenvalue weighted by Crippen LogP contribution is -2.37. The summed E-state index contributed by atoms with van der Waals surface area (Å²) in [7, 11) is 0. The van der Waals surface area contributed by atoms with Crippen LogP contribution in [0.3, 0.4) is 0 Å². The van der Waals surface area contributed by atoms with E-state index in [0.29, 0.717) is 0 Å². The quantitative estimate of drug-likeness (QED) is 0.180. The number of fused-ring (bicyclic) bond motifs is 14. The Balaban J connectivity index is 1.13. The minimum Gasteiger partial charge on any atom is -0.457 e. The average Bonchev–Trinajstić information content (AvgIpc) is 3.63. The van der Waals surface area contributed by atoms with Crippen molar-refractivity contribution < 1.29 is 9.47 Å². The van der Waals surface area contributed by atoms with Crippen LogP contribution in [0.25, 0.3) is 22.3 Å². The Kier molecular flexibility index (Phi) is 6.67. The van der Waals surface area contributed by atoms with Gasteiger partial charge < -0.3 is 14.4 Å². The summed E-state index contributed by atoms with van der Waals surface area (Å²) in [6, 6.07) is 64.2. The molecular weight excluding hydrogens is 707 g/mol. The molecular formula is C55H41NO2. The Morgan fingerprint density at radius 2 is 0.638 bits per heavy atom. The predicted octanol–water partition coefficient (Wildman–Crippen LogP) is 14.4. The van der Waals surface area contributed by atoms with E-state index in [9.17, 15) is 0 Å². The van der Waals surface area contributed by atoms with Gasteiger partial charge in [-0.2, -0.15) is 0 Å². The average molecular weight is 748 g/mol. The molecule has 0 aromatic heterocycles. The zero-order valence-corrected chi connectivity index (χ0v) is 33.0. The highest BCUT2D eigenvalue weighted by atomic mass is 16.5. The highest BCUT2D eigenvalue weighted by Gasteiger charge is 2.51. The minimum absolute atomic E-state index is 0.151. The van der Waals surface area contributed by atoms with Crippen LogP contribution in [0.5, 0.6) is 23.0 Å². The summed E-state index contributed by atoms with van der Waals surface area (Å²) in [5.74, 6) is 3.40. The second kappa shape index (κ2) is 11.6. The molecule has 0 unspecified atom stereocenters. The Hall–Kier alpha value is -6.84. The molecule has 0 N–H and O–H groups in total. The summed E-state index contributed by atoms with van der Waals surface area (Å²) in [5, 5.41) is 0. The summed E-state index contributed by atoms with van der Waals surface area (Å²) < 4.78 is 13.5. The van der Waals surface area contributed by atoms with E-state index in [1.165, 1.54) is 44.5 Å². The van der Waals surface area contributed by atoms with Gasteiger partial charge in [0.05, 0.1) is 5.41 Å². The van der Waals surface area contributed by atoms with Gasteiger partial charge in [0.15, 0.2) is 0 Å². The SMILES string of the molecule is CC1(C)c2ccccc2-c2ccc(N(c3ccc4c(c3)C(C)(C)c3ccccc3-4)c3ccc4c(c3)C3(c5ccccc5Oc5ccccc53)c3ccccc3O4)cc21. The van der Waals surface area contributed by atoms with E-state index >= 15 is 0 Å². The van der Waals surface area contributed by atoms with Gasteiger partial charge in [-0.05, 0) is 105 Å². The van der Waals surface area contributed by atoms with E-state index in [-0.39, 0.29) is 10.8 Å². The number of rotatable bonds is 3. The molecule has 1 spiro atoms. The Labute approximate surface area is 339 Å². The van der Waals surface area contributed by atoms with Gasteiger partial charge >= 0.3 is 0 Å². The van der Waals surface area contributed by atoms with Gasteiger partial charge in [0, 0.05) is 50.1 Å². The van der Waals surface area contributed by atoms with Crippen molar-refractivity contribution in [2.75, 3.05) is 4.90 Å². The maximum Gasteiger partial charge on any atom is 0.132 e. The predicted molar refractivity (Wildman–Crippen MR) is 235 cm³/mol. The lowest BCUT2D eigenvalue weighted by molar-refractivity contribution is 0.399. The summed E-state index contributed by atoms with van der Waals surface area (Å²) in [6.45, 7) is 9.44. The van der Waals surface area contributed by atoms with E-state index in [4.69, 9.17) is 9.47 Å². The maximum absolute atomic E-state index is 6.87. The molecule has 4 aliphatic rings. The molecule has 0 saturated heterocycles. The smallest absolute Gasteiger partial charge is 0.132 e. The Morgan fingerprint density at radius 3 is 1.09 bits per heavy atom. The molecule has 3 nitrogen and oxygen atoms in total. The van der Waals surface area contributed by atoms with Crippen LogP contribution >= 0.6 is 0 Å². The standard InChI is InChI=1S/C55H41NO2/c1-53(2)41-17-7-5-15-37(41)39-28-25-34(31-46(39)53)56(35-26-29-40-38-16-6-8-18-42(38)54(3,4)47(40)32-35)36-27-30-52-48(33-36)55(45-21-11-14-24-51(45)58-52)43-19-9-12-22-49(43)57-50-23-13-10-20-44(50)55/h5-33H,1-4H3. The molecule has 278 valence electrons. The lowest BCUT2D eigenvalue weighted by atomic mass is 9.62. The summed E-state index contributed by atoms with van der Waals surface area (Å²) >= 11 is 0.